The third kappa shape index (κ3) is 3.15. The number of fused-ring (bicyclic) bond motifs is 3. The standard InChI is InChI=1S/C22H13ClO4/c23-15-8-5-13(6-9-15)20(24)12-27-22(26)14-7-10-17-16-3-1-2-4-18(16)21(25)19(17)11-14/h1-11H,12H2. The lowest BCUT2D eigenvalue weighted by atomic mass is 10.0. The fourth-order valence-electron chi connectivity index (χ4n) is 3.09. The minimum atomic E-state index is -0.649. The maximum Gasteiger partial charge on any atom is 0.338 e. The van der Waals surface area contributed by atoms with Crippen LogP contribution in [-0.2, 0) is 4.74 Å². The van der Waals surface area contributed by atoms with Gasteiger partial charge < -0.3 is 4.74 Å². The molecule has 4 rings (SSSR count). The van der Waals surface area contributed by atoms with Gasteiger partial charge in [0, 0.05) is 21.7 Å². The van der Waals surface area contributed by atoms with Gasteiger partial charge in [0.2, 0.25) is 0 Å². The zero-order chi connectivity index (χ0) is 19.0. The lowest BCUT2D eigenvalue weighted by Crippen LogP contribution is -2.14. The van der Waals surface area contributed by atoms with Crippen molar-refractivity contribution in [2.45, 2.75) is 0 Å². The molecule has 0 heterocycles. The maximum atomic E-state index is 12.5. The highest BCUT2D eigenvalue weighted by molar-refractivity contribution is 6.30. The van der Waals surface area contributed by atoms with Crippen LogP contribution in [0.15, 0.2) is 66.7 Å². The van der Waals surface area contributed by atoms with Crippen LogP contribution in [0, 0.1) is 0 Å². The Morgan fingerprint density at radius 3 is 2.15 bits per heavy atom. The van der Waals surface area contributed by atoms with Crippen molar-refractivity contribution in [1.29, 1.82) is 0 Å². The molecule has 0 saturated carbocycles. The lowest BCUT2D eigenvalue weighted by molar-refractivity contribution is 0.0475. The number of rotatable bonds is 4. The maximum absolute atomic E-state index is 12.5. The van der Waals surface area contributed by atoms with E-state index < -0.39 is 5.97 Å². The van der Waals surface area contributed by atoms with Gasteiger partial charge in [0.25, 0.3) is 0 Å². The number of carbonyl (C=O) groups excluding carboxylic acids is 3. The first kappa shape index (κ1) is 17.2. The number of Topliss-reactive ketones (excluding diaryl/α,β-unsaturated/α-hetero) is 1. The molecule has 3 aromatic rings. The van der Waals surface area contributed by atoms with Crippen molar-refractivity contribution < 1.29 is 19.1 Å². The van der Waals surface area contributed by atoms with Gasteiger partial charge in [-0.05, 0) is 47.5 Å². The molecule has 0 N–H and O–H groups in total. The molecule has 4 nitrogen and oxygen atoms in total. The first-order chi connectivity index (χ1) is 13.0. The summed E-state index contributed by atoms with van der Waals surface area (Å²) in [5.41, 5.74) is 3.39. The van der Waals surface area contributed by atoms with Crippen molar-refractivity contribution >= 4 is 29.1 Å². The summed E-state index contributed by atoms with van der Waals surface area (Å²) in [6, 6.07) is 18.5. The lowest BCUT2D eigenvalue weighted by Gasteiger charge is -2.06. The van der Waals surface area contributed by atoms with Gasteiger partial charge in [-0.3, -0.25) is 9.59 Å². The van der Waals surface area contributed by atoms with Gasteiger partial charge in [-0.15, -0.1) is 0 Å². The van der Waals surface area contributed by atoms with Crippen molar-refractivity contribution in [1.82, 2.24) is 0 Å². The highest BCUT2D eigenvalue weighted by Gasteiger charge is 2.27. The smallest absolute Gasteiger partial charge is 0.338 e. The van der Waals surface area contributed by atoms with Crippen LogP contribution < -0.4 is 0 Å². The van der Waals surface area contributed by atoms with Crippen LogP contribution in [0.1, 0.15) is 36.6 Å². The molecule has 5 heteroatoms. The van der Waals surface area contributed by atoms with Gasteiger partial charge in [-0.1, -0.05) is 41.9 Å². The minimum Gasteiger partial charge on any atom is -0.454 e. The van der Waals surface area contributed by atoms with Crippen LogP contribution in [-0.4, -0.2) is 24.1 Å². The molecule has 1 aliphatic rings. The fraction of sp³-hybridized carbons (Fsp3) is 0.0455. The molecule has 27 heavy (non-hydrogen) atoms. The largest absolute Gasteiger partial charge is 0.454 e. The van der Waals surface area contributed by atoms with E-state index in [1.54, 1.807) is 48.5 Å². The molecule has 0 unspecified atom stereocenters. The SMILES string of the molecule is O=C(COC(=O)c1ccc2c(c1)C(=O)c1ccccc1-2)c1ccc(Cl)cc1. The summed E-state index contributed by atoms with van der Waals surface area (Å²) in [5.74, 6) is -1.10. The second kappa shape index (κ2) is 6.82. The molecule has 0 amide bonds. The van der Waals surface area contributed by atoms with Crippen molar-refractivity contribution in [3.8, 4) is 11.1 Å². The molecule has 0 saturated heterocycles. The van der Waals surface area contributed by atoms with E-state index in [-0.39, 0.29) is 23.7 Å². The third-order valence-corrected chi connectivity index (χ3v) is 4.71. The van der Waals surface area contributed by atoms with E-state index in [1.807, 2.05) is 12.1 Å². The Morgan fingerprint density at radius 2 is 1.41 bits per heavy atom. The first-order valence-electron chi connectivity index (χ1n) is 8.28. The van der Waals surface area contributed by atoms with Gasteiger partial charge in [-0.25, -0.2) is 4.79 Å². The molecule has 132 valence electrons. The number of hydrogen-bond donors (Lipinski definition) is 0. The second-order valence-corrected chi connectivity index (χ2v) is 6.58. The monoisotopic (exact) mass is 376 g/mol. The van der Waals surface area contributed by atoms with Gasteiger partial charge in [0.05, 0.1) is 5.56 Å². The van der Waals surface area contributed by atoms with E-state index in [2.05, 4.69) is 0 Å². The molecular weight excluding hydrogens is 364 g/mol. The minimum absolute atomic E-state index is 0.118. The summed E-state index contributed by atoms with van der Waals surface area (Å²) in [6.07, 6.45) is 0. The fourth-order valence-corrected chi connectivity index (χ4v) is 3.21. The first-order valence-corrected chi connectivity index (χ1v) is 8.66. The second-order valence-electron chi connectivity index (χ2n) is 6.14. The number of hydrogen-bond acceptors (Lipinski definition) is 4. The Labute approximate surface area is 160 Å². The summed E-state index contributed by atoms with van der Waals surface area (Å²) >= 11 is 5.79. The molecule has 0 bridgehead atoms. The van der Waals surface area contributed by atoms with E-state index in [4.69, 9.17) is 16.3 Å². The Kier molecular flexibility index (Phi) is 4.34. The van der Waals surface area contributed by atoms with Gasteiger partial charge in [0.1, 0.15) is 0 Å². The zero-order valence-corrected chi connectivity index (χ0v) is 14.8. The van der Waals surface area contributed by atoms with Gasteiger partial charge >= 0.3 is 5.97 Å². The quantitative estimate of drug-likeness (QED) is 0.386. The molecule has 0 fully saturated rings. The molecule has 0 aliphatic heterocycles. The number of carbonyl (C=O) groups is 3. The van der Waals surface area contributed by atoms with Crippen LogP contribution in [0.2, 0.25) is 5.02 Å². The van der Waals surface area contributed by atoms with Crippen LogP contribution >= 0.6 is 11.6 Å². The average Bonchev–Trinajstić information content (AvgIpc) is 2.98. The topological polar surface area (TPSA) is 60.4 Å². The zero-order valence-electron chi connectivity index (χ0n) is 14.1. The summed E-state index contributed by atoms with van der Waals surface area (Å²) in [4.78, 5) is 36.9. The third-order valence-electron chi connectivity index (χ3n) is 4.46. The molecule has 0 spiro atoms. The van der Waals surface area contributed by atoms with Gasteiger partial charge in [0.15, 0.2) is 18.2 Å². The van der Waals surface area contributed by atoms with Crippen molar-refractivity contribution in [3.63, 3.8) is 0 Å². The Bertz CT molecular complexity index is 1080. The molecule has 0 radical (unpaired) electrons. The van der Waals surface area contributed by atoms with E-state index >= 15 is 0 Å². The van der Waals surface area contributed by atoms with Crippen molar-refractivity contribution in [2.24, 2.45) is 0 Å². The van der Waals surface area contributed by atoms with E-state index in [1.165, 1.54) is 6.07 Å². The molecule has 1 aliphatic carbocycles. The predicted octanol–water partition coefficient (Wildman–Crippen LogP) is 4.59. The number of halogens is 1. The Balaban J connectivity index is 1.50. The van der Waals surface area contributed by atoms with Gasteiger partial charge in [-0.2, -0.15) is 0 Å². The number of benzene rings is 3. The number of ether oxygens (including phenoxy) is 1. The summed E-state index contributed by atoms with van der Waals surface area (Å²) in [7, 11) is 0. The van der Waals surface area contributed by atoms with E-state index in [0.717, 1.165) is 11.1 Å². The average molecular weight is 377 g/mol. The molecule has 0 atom stereocenters. The van der Waals surface area contributed by atoms with Crippen LogP contribution in [0.4, 0.5) is 0 Å². The van der Waals surface area contributed by atoms with E-state index in [0.29, 0.717) is 21.7 Å². The summed E-state index contributed by atoms with van der Waals surface area (Å²) in [5, 5.41) is 0.521. The van der Waals surface area contributed by atoms with Crippen LogP contribution in [0.25, 0.3) is 11.1 Å². The highest BCUT2D eigenvalue weighted by Crippen LogP contribution is 2.36. The van der Waals surface area contributed by atoms with E-state index in [9.17, 15) is 14.4 Å². The Morgan fingerprint density at radius 1 is 0.778 bits per heavy atom. The van der Waals surface area contributed by atoms with Crippen LogP contribution in [0.5, 0.6) is 0 Å². The summed E-state index contributed by atoms with van der Waals surface area (Å²) < 4.78 is 5.11. The Hall–Kier alpha value is -3.24. The number of esters is 1. The molecule has 3 aromatic carbocycles. The van der Waals surface area contributed by atoms with Crippen molar-refractivity contribution in [2.75, 3.05) is 6.61 Å². The predicted molar refractivity (Wildman–Crippen MR) is 101 cm³/mol. The molecule has 0 aromatic heterocycles. The summed E-state index contributed by atoms with van der Waals surface area (Å²) in [6.45, 7) is -0.383. The van der Waals surface area contributed by atoms with Crippen molar-refractivity contribution in [3.05, 3.63) is 94.0 Å². The van der Waals surface area contributed by atoms with Crippen LogP contribution in [0.3, 0.4) is 0 Å². The molecular formula is C22H13ClO4. The highest BCUT2D eigenvalue weighted by atomic mass is 35.5. The normalized spacial score (nSPS) is 11.7. The number of ketones is 2.